The zero-order chi connectivity index (χ0) is 47.8. The van der Waals surface area contributed by atoms with Crippen molar-refractivity contribution in [3.05, 3.63) is 330 Å². The van der Waals surface area contributed by atoms with Crippen LogP contribution >= 0.6 is 0 Å². The van der Waals surface area contributed by atoms with E-state index in [-0.39, 0.29) is 0 Å². The molecule has 2 aliphatic carbocycles. The molecule has 0 atom stereocenters. The van der Waals surface area contributed by atoms with Gasteiger partial charge in [-0.2, -0.15) is 0 Å². The lowest BCUT2D eigenvalue weighted by Gasteiger charge is -2.19. The Balaban J connectivity index is 1.10. The van der Waals surface area contributed by atoms with E-state index in [4.69, 9.17) is 0 Å². The summed E-state index contributed by atoms with van der Waals surface area (Å²) < 4.78 is 0. The largest absolute Gasteiger partial charge is 0.0622 e. The number of allylic oxidation sites excluding steroid dienone is 5. The monoisotopic (exact) mass is 912 g/mol. The lowest BCUT2D eigenvalue weighted by molar-refractivity contribution is 1.51. The van der Waals surface area contributed by atoms with E-state index in [2.05, 4.69) is 291 Å². The van der Waals surface area contributed by atoms with Gasteiger partial charge in [-0.1, -0.05) is 267 Å². The van der Waals surface area contributed by atoms with Crippen molar-refractivity contribution in [2.45, 2.75) is 0 Å². The van der Waals surface area contributed by atoms with Crippen molar-refractivity contribution in [2.75, 3.05) is 0 Å². The molecule has 72 heavy (non-hydrogen) atoms. The molecule has 0 N–H and O–H groups in total. The average Bonchev–Trinajstić information content (AvgIpc) is 3.99. The van der Waals surface area contributed by atoms with Crippen molar-refractivity contribution in [3.8, 4) is 66.8 Å². The zero-order valence-electron chi connectivity index (χ0n) is 39.7. The second kappa shape index (κ2) is 18.5. The first-order valence-electron chi connectivity index (χ1n) is 24.9. The molecule has 0 fully saturated rings. The van der Waals surface area contributed by atoms with Crippen LogP contribution < -0.4 is 0 Å². The van der Waals surface area contributed by atoms with Gasteiger partial charge in [-0.15, -0.1) is 0 Å². The van der Waals surface area contributed by atoms with Gasteiger partial charge in [0.1, 0.15) is 0 Å². The number of rotatable bonds is 10. The molecule has 0 heterocycles. The van der Waals surface area contributed by atoms with Crippen molar-refractivity contribution in [3.63, 3.8) is 0 Å². The number of hydrogen-bond donors (Lipinski definition) is 0. The summed E-state index contributed by atoms with van der Waals surface area (Å²) in [5.74, 6) is 0. The summed E-state index contributed by atoms with van der Waals surface area (Å²) in [6.45, 7) is 0. The van der Waals surface area contributed by atoms with E-state index < -0.39 is 0 Å². The molecule has 336 valence electrons. The first-order valence-corrected chi connectivity index (χ1v) is 24.9. The van der Waals surface area contributed by atoms with E-state index in [9.17, 15) is 0 Å². The molecule has 0 saturated heterocycles. The maximum atomic E-state index is 2.50. The number of hydrogen-bond acceptors (Lipinski definition) is 0. The van der Waals surface area contributed by atoms with E-state index in [0.717, 1.165) is 0 Å². The van der Waals surface area contributed by atoms with Gasteiger partial charge < -0.3 is 0 Å². The van der Waals surface area contributed by atoms with Gasteiger partial charge in [-0.3, -0.25) is 0 Å². The van der Waals surface area contributed by atoms with Crippen molar-refractivity contribution in [1.82, 2.24) is 0 Å². The molecule has 0 spiro atoms. The third-order valence-corrected chi connectivity index (χ3v) is 14.4. The fourth-order valence-corrected chi connectivity index (χ4v) is 11.1. The summed E-state index contributed by atoms with van der Waals surface area (Å²) in [6.07, 6.45) is 0. The van der Waals surface area contributed by atoms with Crippen molar-refractivity contribution < 1.29 is 0 Å². The maximum absolute atomic E-state index is 2.50. The third-order valence-electron chi connectivity index (χ3n) is 14.4. The maximum Gasteiger partial charge on any atom is -0.000137 e. The minimum atomic E-state index is 1.18. The Hall–Kier alpha value is -9.36. The fourth-order valence-electron chi connectivity index (χ4n) is 11.1. The van der Waals surface area contributed by atoms with Crippen LogP contribution in [-0.4, -0.2) is 0 Å². The Bertz CT molecular complexity index is 3860. The Kier molecular flexibility index (Phi) is 11.0. The molecule has 0 aromatic heterocycles. The van der Waals surface area contributed by atoms with Crippen LogP contribution in [-0.2, 0) is 0 Å². The van der Waals surface area contributed by atoms with Crippen LogP contribution in [0.1, 0.15) is 33.4 Å². The zero-order valence-corrected chi connectivity index (χ0v) is 39.7. The summed E-state index contributed by atoms with van der Waals surface area (Å²) in [6, 6.07) is 107. The minimum absolute atomic E-state index is 1.18. The molecule has 11 aromatic carbocycles. The van der Waals surface area contributed by atoms with Crippen LogP contribution in [0.2, 0.25) is 0 Å². The van der Waals surface area contributed by atoms with E-state index in [1.807, 2.05) is 0 Å². The van der Waals surface area contributed by atoms with Crippen LogP contribution in [0.3, 0.4) is 0 Å². The molecule has 13 rings (SSSR count). The Morgan fingerprint density at radius 2 is 0.361 bits per heavy atom. The first-order chi connectivity index (χ1) is 35.7. The van der Waals surface area contributed by atoms with Crippen molar-refractivity contribution in [1.29, 1.82) is 0 Å². The third kappa shape index (κ3) is 7.77. The molecule has 0 radical (unpaired) electrons. The molecule has 0 unspecified atom stereocenters. The highest BCUT2D eigenvalue weighted by atomic mass is 14.4. The lowest BCUT2D eigenvalue weighted by Crippen LogP contribution is -1.97. The first kappa shape index (κ1) is 42.7. The Morgan fingerprint density at radius 1 is 0.111 bits per heavy atom. The molecule has 2 aliphatic rings. The highest BCUT2D eigenvalue weighted by Crippen LogP contribution is 2.62. The molecular weight excluding hydrogens is 865 g/mol. The molecule has 0 saturated carbocycles. The highest BCUT2D eigenvalue weighted by Gasteiger charge is 2.41. The van der Waals surface area contributed by atoms with Gasteiger partial charge in [0.25, 0.3) is 0 Å². The van der Waals surface area contributed by atoms with Crippen molar-refractivity contribution in [2.24, 2.45) is 0 Å². The summed E-state index contributed by atoms with van der Waals surface area (Å²) >= 11 is 0. The van der Waals surface area contributed by atoms with Crippen LogP contribution in [0.25, 0.3) is 94.6 Å². The van der Waals surface area contributed by atoms with Gasteiger partial charge >= 0.3 is 0 Å². The summed E-state index contributed by atoms with van der Waals surface area (Å²) in [4.78, 5) is 0. The van der Waals surface area contributed by atoms with Crippen LogP contribution in [0.5, 0.6) is 0 Å². The molecule has 0 amide bonds. The van der Waals surface area contributed by atoms with Crippen LogP contribution in [0.15, 0.2) is 297 Å². The van der Waals surface area contributed by atoms with E-state index in [1.165, 1.54) is 134 Å². The molecule has 11 aromatic rings. The Morgan fingerprint density at radius 3 is 0.750 bits per heavy atom. The average molecular weight is 913 g/mol. The van der Waals surface area contributed by atoms with E-state index in [0.29, 0.717) is 0 Å². The van der Waals surface area contributed by atoms with Gasteiger partial charge in [0.05, 0.1) is 0 Å². The Labute approximate surface area is 422 Å². The molecule has 0 bridgehead atoms. The smallest absolute Gasteiger partial charge is 0.000137 e. The second-order valence-corrected chi connectivity index (χ2v) is 18.7. The fraction of sp³-hybridized carbons (Fsp3) is 0. The molecular formula is C72H48. The summed E-state index contributed by atoms with van der Waals surface area (Å²) in [7, 11) is 0. The number of fused-ring (bicyclic) bond motifs is 3. The van der Waals surface area contributed by atoms with Crippen molar-refractivity contribution >= 4 is 27.9 Å². The topological polar surface area (TPSA) is 0 Å². The summed E-state index contributed by atoms with van der Waals surface area (Å²) in [5, 5.41) is 0. The number of benzene rings is 11. The molecule has 0 aliphatic heterocycles. The van der Waals surface area contributed by atoms with E-state index in [1.54, 1.807) is 0 Å². The highest BCUT2D eigenvalue weighted by molar-refractivity contribution is 6.39. The predicted molar refractivity (Wildman–Crippen MR) is 304 cm³/mol. The van der Waals surface area contributed by atoms with Gasteiger partial charge in [0.2, 0.25) is 0 Å². The normalized spacial score (nSPS) is 12.8. The van der Waals surface area contributed by atoms with Gasteiger partial charge in [0, 0.05) is 0 Å². The van der Waals surface area contributed by atoms with Gasteiger partial charge in [0.15, 0.2) is 0 Å². The second-order valence-electron chi connectivity index (χ2n) is 18.7. The lowest BCUT2D eigenvalue weighted by atomic mass is 9.84. The minimum Gasteiger partial charge on any atom is -0.0622 e. The SMILES string of the molecule is c1ccc(C2=C3C(=C(c4ccccc4)c4cc(-c5ccccc5)c(-c5ccccc5)cc43)C(c3cccc(-c4ccc(-c5ccccc5)cc4)c3)=C2c2cccc(-c3ccc(-c4ccccc4)cc3)c2)cc1. The predicted octanol–water partition coefficient (Wildman–Crippen LogP) is 19.0. The standard InChI is InChI=1S/C72H48/c1-7-21-49(22-8-1)51-37-41-53(42-38-51)59-33-19-35-61(45-59)69-68(58-31-17-6-18-32-58)71-66-48-64(56-27-13-4-14-28-56)63(55-25-11-3-12-26-55)47-65(66)67(57-29-15-5-16-30-57)72(71)70(69)62-36-20-34-60(46-62)54-43-39-52(40-44-54)50-23-9-2-10-24-50/h1-48H. The van der Waals surface area contributed by atoms with E-state index >= 15 is 0 Å². The van der Waals surface area contributed by atoms with Crippen LogP contribution in [0, 0.1) is 0 Å². The van der Waals surface area contributed by atoms with Crippen LogP contribution in [0.4, 0.5) is 0 Å². The quantitative estimate of drug-likeness (QED) is 0.128. The molecule has 0 heteroatoms. The molecule has 0 nitrogen and oxygen atoms in total. The summed E-state index contributed by atoms with van der Waals surface area (Å²) in [5.41, 5.74) is 29.1. The van der Waals surface area contributed by atoms with Gasteiger partial charge in [-0.05, 0) is 158 Å². The van der Waals surface area contributed by atoms with Gasteiger partial charge in [-0.25, -0.2) is 0 Å².